The van der Waals surface area contributed by atoms with E-state index in [1.807, 2.05) is 6.07 Å². The van der Waals surface area contributed by atoms with Crippen LogP contribution in [-0.2, 0) is 9.53 Å². The summed E-state index contributed by atoms with van der Waals surface area (Å²) in [5.41, 5.74) is 0.554. The van der Waals surface area contributed by atoms with E-state index in [1.165, 1.54) is 16.9 Å². The Balaban J connectivity index is 2.06. The minimum atomic E-state index is -0.641. The maximum absolute atomic E-state index is 12.7. The van der Waals surface area contributed by atoms with Gasteiger partial charge in [-0.15, -0.1) is 0 Å². The fourth-order valence-corrected chi connectivity index (χ4v) is 2.91. The van der Waals surface area contributed by atoms with Crippen LogP contribution in [0.4, 0.5) is 4.79 Å². The summed E-state index contributed by atoms with van der Waals surface area (Å²) in [6.45, 7) is 7.24. The van der Waals surface area contributed by atoms with Crippen LogP contribution >= 0.6 is 0 Å². The second-order valence-electron chi connectivity index (χ2n) is 7.57. The average molecular weight is 387 g/mol. The van der Waals surface area contributed by atoms with Crippen molar-refractivity contribution in [2.75, 3.05) is 33.3 Å². The molecule has 0 bridgehead atoms. The third-order valence-corrected chi connectivity index (χ3v) is 4.36. The first kappa shape index (κ1) is 21.2. The molecule has 1 heterocycles. The molecule has 1 saturated heterocycles. The van der Waals surface area contributed by atoms with E-state index in [9.17, 15) is 19.6 Å². The molecule has 0 N–H and O–H groups in total. The van der Waals surface area contributed by atoms with Gasteiger partial charge in [0.05, 0.1) is 19.2 Å². The summed E-state index contributed by atoms with van der Waals surface area (Å²) in [6.07, 6.45) is -0.545. The summed E-state index contributed by atoms with van der Waals surface area (Å²) in [6, 6.07) is 5.21. The highest BCUT2D eigenvalue weighted by Gasteiger charge is 2.31. The van der Waals surface area contributed by atoms with Crippen molar-refractivity contribution in [3.05, 3.63) is 28.8 Å². The fourth-order valence-electron chi connectivity index (χ4n) is 2.91. The molecule has 2 rings (SSSR count). The van der Waals surface area contributed by atoms with Gasteiger partial charge in [-0.2, -0.15) is 5.26 Å². The molecule has 0 spiro atoms. The summed E-state index contributed by atoms with van der Waals surface area (Å²) in [7, 11) is 1.46. The van der Waals surface area contributed by atoms with E-state index in [1.54, 1.807) is 39.8 Å². The van der Waals surface area contributed by atoms with Crippen LogP contribution < -0.4 is 4.74 Å². The second-order valence-corrected chi connectivity index (χ2v) is 7.57. The Labute approximate surface area is 164 Å². The van der Waals surface area contributed by atoms with Gasteiger partial charge in [0.15, 0.2) is 5.78 Å². The Morgan fingerprint density at radius 2 is 1.93 bits per heavy atom. The SMILES string of the molecule is COc1ccc(C(=O)CN2CCN(C(=O)OC(C)(C)C)CC2=O)c(C)c1C#N. The lowest BCUT2D eigenvalue weighted by Gasteiger charge is -2.35. The van der Waals surface area contributed by atoms with Crippen LogP contribution in [0.25, 0.3) is 0 Å². The Bertz CT molecular complexity index is 835. The van der Waals surface area contributed by atoms with Gasteiger partial charge in [0.2, 0.25) is 5.91 Å². The van der Waals surface area contributed by atoms with E-state index in [2.05, 4.69) is 0 Å². The number of piperazine rings is 1. The van der Waals surface area contributed by atoms with E-state index < -0.39 is 11.7 Å². The predicted molar refractivity (Wildman–Crippen MR) is 101 cm³/mol. The van der Waals surface area contributed by atoms with Crippen LogP contribution in [-0.4, -0.2) is 66.5 Å². The number of hydrogen-bond acceptors (Lipinski definition) is 6. The molecule has 0 unspecified atom stereocenters. The molecular weight excluding hydrogens is 362 g/mol. The molecule has 8 nitrogen and oxygen atoms in total. The summed E-state index contributed by atoms with van der Waals surface area (Å²) < 4.78 is 10.4. The van der Waals surface area contributed by atoms with Gasteiger partial charge in [0.1, 0.15) is 24.0 Å². The molecule has 1 aromatic carbocycles. The Morgan fingerprint density at radius 1 is 1.25 bits per heavy atom. The highest BCUT2D eigenvalue weighted by atomic mass is 16.6. The number of rotatable bonds is 4. The molecule has 1 aliphatic rings. The van der Waals surface area contributed by atoms with Gasteiger partial charge in [-0.3, -0.25) is 14.5 Å². The van der Waals surface area contributed by atoms with Crippen molar-refractivity contribution in [1.82, 2.24) is 9.80 Å². The third kappa shape index (κ3) is 4.80. The van der Waals surface area contributed by atoms with Crippen molar-refractivity contribution in [3.63, 3.8) is 0 Å². The van der Waals surface area contributed by atoms with Gasteiger partial charge in [-0.25, -0.2) is 4.79 Å². The van der Waals surface area contributed by atoms with E-state index in [-0.39, 0.29) is 31.3 Å². The van der Waals surface area contributed by atoms with Crippen LogP contribution in [0, 0.1) is 18.3 Å². The molecule has 0 saturated carbocycles. The first-order valence-electron chi connectivity index (χ1n) is 8.94. The van der Waals surface area contributed by atoms with Gasteiger partial charge < -0.3 is 14.4 Å². The summed E-state index contributed by atoms with van der Waals surface area (Å²) in [4.78, 5) is 40.0. The van der Waals surface area contributed by atoms with Crippen LogP contribution in [0.1, 0.15) is 42.3 Å². The number of ether oxygens (including phenoxy) is 2. The highest BCUT2D eigenvalue weighted by Crippen LogP contribution is 2.25. The number of benzene rings is 1. The minimum absolute atomic E-state index is 0.112. The summed E-state index contributed by atoms with van der Waals surface area (Å²) >= 11 is 0. The van der Waals surface area contributed by atoms with E-state index in [4.69, 9.17) is 9.47 Å². The number of ketones is 1. The molecular formula is C20H25N3O5. The van der Waals surface area contributed by atoms with Gasteiger partial charge in [-0.05, 0) is 45.4 Å². The van der Waals surface area contributed by atoms with E-state index in [0.717, 1.165) is 0 Å². The first-order chi connectivity index (χ1) is 13.1. The van der Waals surface area contributed by atoms with Crippen molar-refractivity contribution in [2.45, 2.75) is 33.3 Å². The molecule has 28 heavy (non-hydrogen) atoms. The van der Waals surface area contributed by atoms with Crippen LogP contribution in [0.3, 0.4) is 0 Å². The first-order valence-corrected chi connectivity index (χ1v) is 8.94. The smallest absolute Gasteiger partial charge is 0.410 e. The lowest BCUT2D eigenvalue weighted by Crippen LogP contribution is -2.54. The minimum Gasteiger partial charge on any atom is -0.495 e. The number of carbonyl (C=O) groups is 3. The monoisotopic (exact) mass is 387 g/mol. The lowest BCUT2D eigenvalue weighted by molar-refractivity contribution is -0.135. The third-order valence-electron chi connectivity index (χ3n) is 4.36. The molecule has 8 heteroatoms. The molecule has 1 fully saturated rings. The van der Waals surface area contributed by atoms with Crippen molar-refractivity contribution in [3.8, 4) is 11.8 Å². The van der Waals surface area contributed by atoms with Gasteiger partial charge >= 0.3 is 6.09 Å². The van der Waals surface area contributed by atoms with Crippen molar-refractivity contribution >= 4 is 17.8 Å². The summed E-state index contributed by atoms with van der Waals surface area (Å²) in [5, 5.41) is 9.31. The molecule has 0 atom stereocenters. The Kier molecular flexibility index (Phi) is 6.29. The molecule has 150 valence electrons. The van der Waals surface area contributed by atoms with Crippen LogP contribution in [0.2, 0.25) is 0 Å². The second kappa shape index (κ2) is 8.30. The van der Waals surface area contributed by atoms with Crippen molar-refractivity contribution in [1.29, 1.82) is 5.26 Å². The normalized spacial score (nSPS) is 14.5. The number of methoxy groups -OCH3 is 1. The Hall–Kier alpha value is -3.08. The number of nitriles is 1. The topological polar surface area (TPSA) is 99.9 Å². The molecule has 0 aromatic heterocycles. The lowest BCUT2D eigenvalue weighted by atomic mass is 9.98. The van der Waals surface area contributed by atoms with Crippen LogP contribution in [0.15, 0.2) is 12.1 Å². The highest BCUT2D eigenvalue weighted by molar-refractivity contribution is 6.01. The number of nitrogens with zero attached hydrogens (tertiary/aromatic N) is 3. The molecule has 0 radical (unpaired) electrons. The van der Waals surface area contributed by atoms with E-state index >= 15 is 0 Å². The zero-order chi connectivity index (χ0) is 21.1. The predicted octanol–water partition coefficient (Wildman–Crippen LogP) is 2.14. The Morgan fingerprint density at radius 3 is 2.46 bits per heavy atom. The zero-order valence-corrected chi connectivity index (χ0v) is 16.9. The van der Waals surface area contributed by atoms with Gasteiger partial charge in [0, 0.05) is 18.7 Å². The van der Waals surface area contributed by atoms with Crippen molar-refractivity contribution < 1.29 is 23.9 Å². The largest absolute Gasteiger partial charge is 0.495 e. The summed E-state index contributed by atoms with van der Waals surface area (Å²) in [5.74, 6) is -0.188. The van der Waals surface area contributed by atoms with Gasteiger partial charge in [0.25, 0.3) is 0 Å². The average Bonchev–Trinajstić information content (AvgIpc) is 2.61. The fraction of sp³-hybridized carbons (Fsp3) is 0.500. The maximum Gasteiger partial charge on any atom is 0.410 e. The number of carbonyl (C=O) groups excluding carboxylic acids is 3. The zero-order valence-electron chi connectivity index (χ0n) is 16.9. The molecule has 1 aliphatic heterocycles. The van der Waals surface area contributed by atoms with Crippen LogP contribution in [0.5, 0.6) is 5.75 Å². The molecule has 0 aliphatic carbocycles. The molecule has 2 amide bonds. The standard InChI is InChI=1S/C20H25N3O5/c1-13-14(6-7-17(27-5)15(13)10-21)16(24)11-22-8-9-23(12-18(22)25)19(26)28-20(2,3)4/h6-7H,8-9,11-12H2,1-5H3. The quantitative estimate of drug-likeness (QED) is 0.734. The van der Waals surface area contributed by atoms with Gasteiger partial charge in [-0.1, -0.05) is 0 Å². The molecule has 1 aromatic rings. The van der Waals surface area contributed by atoms with E-state index in [0.29, 0.717) is 29.0 Å². The number of amides is 2. The van der Waals surface area contributed by atoms with Crippen molar-refractivity contribution in [2.24, 2.45) is 0 Å². The maximum atomic E-state index is 12.7. The number of hydrogen-bond donors (Lipinski definition) is 0. The number of Topliss-reactive ketones (excluding diaryl/α,β-unsaturated/α-hetero) is 1.